The molecule has 2 atom stereocenters. The Kier molecular flexibility index (Phi) is 5.30. The topological polar surface area (TPSA) is 47.4 Å². The first-order chi connectivity index (χ1) is 11.6. The van der Waals surface area contributed by atoms with Crippen molar-refractivity contribution >= 4 is 5.91 Å². The molecule has 5 nitrogen and oxygen atoms in total. The van der Waals surface area contributed by atoms with E-state index in [9.17, 15) is 4.79 Å². The maximum Gasteiger partial charge on any atom is 0.228 e. The van der Waals surface area contributed by atoms with Gasteiger partial charge in [0.2, 0.25) is 5.91 Å². The van der Waals surface area contributed by atoms with Crippen LogP contribution in [0.4, 0.5) is 0 Å². The lowest BCUT2D eigenvalue weighted by Gasteiger charge is -2.27. The van der Waals surface area contributed by atoms with E-state index in [1.165, 1.54) is 0 Å². The predicted octanol–water partition coefficient (Wildman–Crippen LogP) is 2.94. The summed E-state index contributed by atoms with van der Waals surface area (Å²) in [5.41, 5.74) is 2.26. The summed E-state index contributed by atoms with van der Waals surface area (Å²) in [4.78, 5) is 14.8. The SMILES string of the molecule is C[C@H](COCc1ccccc1)C(=O)N1CCC[C@@H]1c1cnn(C)c1. The van der Waals surface area contributed by atoms with Crippen LogP contribution in [0.1, 0.15) is 36.9 Å². The average Bonchev–Trinajstić information content (AvgIpc) is 3.23. The molecule has 128 valence electrons. The molecule has 3 rings (SSSR count). The Bertz CT molecular complexity index is 668. The van der Waals surface area contributed by atoms with Gasteiger partial charge < -0.3 is 9.64 Å². The van der Waals surface area contributed by atoms with Gasteiger partial charge in [-0.3, -0.25) is 9.48 Å². The summed E-state index contributed by atoms with van der Waals surface area (Å²) in [6.07, 6.45) is 5.93. The van der Waals surface area contributed by atoms with Crippen LogP contribution in [0.25, 0.3) is 0 Å². The third kappa shape index (κ3) is 3.85. The average molecular weight is 327 g/mol. The fraction of sp³-hybridized carbons (Fsp3) is 0.474. The minimum atomic E-state index is -0.133. The summed E-state index contributed by atoms with van der Waals surface area (Å²) in [7, 11) is 1.91. The lowest BCUT2D eigenvalue weighted by atomic mass is 10.1. The Hall–Kier alpha value is -2.14. The molecule has 0 saturated carbocycles. The van der Waals surface area contributed by atoms with Crippen LogP contribution in [0.5, 0.6) is 0 Å². The minimum absolute atomic E-state index is 0.133. The molecule has 1 aromatic heterocycles. The molecule has 1 aliphatic heterocycles. The van der Waals surface area contributed by atoms with Crippen molar-refractivity contribution in [3.05, 3.63) is 53.9 Å². The van der Waals surface area contributed by atoms with Gasteiger partial charge in [0.25, 0.3) is 0 Å². The molecule has 0 radical (unpaired) electrons. The summed E-state index contributed by atoms with van der Waals surface area (Å²) in [6.45, 7) is 3.77. The minimum Gasteiger partial charge on any atom is -0.376 e. The molecule has 2 aromatic rings. The van der Waals surface area contributed by atoms with Gasteiger partial charge in [-0.05, 0) is 18.4 Å². The number of aromatic nitrogens is 2. The fourth-order valence-electron chi connectivity index (χ4n) is 3.27. The summed E-state index contributed by atoms with van der Waals surface area (Å²) in [5, 5.41) is 4.24. The number of benzene rings is 1. The number of carbonyl (C=O) groups is 1. The van der Waals surface area contributed by atoms with E-state index >= 15 is 0 Å². The summed E-state index contributed by atoms with van der Waals surface area (Å²) in [5.74, 6) is 0.0420. The summed E-state index contributed by atoms with van der Waals surface area (Å²) < 4.78 is 7.54. The first-order valence-corrected chi connectivity index (χ1v) is 8.56. The number of rotatable bonds is 6. The number of ether oxygens (including phenoxy) is 1. The van der Waals surface area contributed by atoms with E-state index < -0.39 is 0 Å². The van der Waals surface area contributed by atoms with E-state index in [0.29, 0.717) is 13.2 Å². The molecular formula is C19H25N3O2. The molecule has 1 saturated heterocycles. The van der Waals surface area contributed by atoms with Gasteiger partial charge in [0, 0.05) is 25.4 Å². The Morgan fingerprint density at radius 2 is 2.17 bits per heavy atom. The Labute approximate surface area is 143 Å². The van der Waals surface area contributed by atoms with E-state index in [4.69, 9.17) is 4.74 Å². The van der Waals surface area contributed by atoms with Crippen molar-refractivity contribution in [3.8, 4) is 0 Å². The van der Waals surface area contributed by atoms with E-state index in [1.54, 1.807) is 4.68 Å². The van der Waals surface area contributed by atoms with Crippen LogP contribution in [0.15, 0.2) is 42.7 Å². The standard InChI is InChI=1S/C19H25N3O2/c1-15(13-24-14-16-7-4-3-5-8-16)19(23)22-10-6-9-18(22)17-11-20-21(2)12-17/h3-5,7-8,11-12,15,18H,6,9-10,13-14H2,1-2H3/t15-,18-/m1/s1. The molecule has 0 unspecified atom stereocenters. The van der Waals surface area contributed by atoms with Crippen molar-refractivity contribution in [2.45, 2.75) is 32.4 Å². The Morgan fingerprint density at radius 3 is 2.88 bits per heavy atom. The molecule has 1 aromatic carbocycles. The maximum absolute atomic E-state index is 12.8. The molecule has 0 N–H and O–H groups in total. The normalized spacial score (nSPS) is 18.8. The lowest BCUT2D eigenvalue weighted by Crippen LogP contribution is -2.36. The third-order valence-electron chi connectivity index (χ3n) is 4.55. The van der Waals surface area contributed by atoms with Crippen LogP contribution in [-0.2, 0) is 23.2 Å². The zero-order chi connectivity index (χ0) is 16.9. The molecule has 2 heterocycles. The number of hydrogen-bond donors (Lipinski definition) is 0. The van der Waals surface area contributed by atoms with Crippen LogP contribution in [0, 0.1) is 5.92 Å². The summed E-state index contributed by atoms with van der Waals surface area (Å²) in [6, 6.07) is 10.2. The molecule has 24 heavy (non-hydrogen) atoms. The van der Waals surface area contributed by atoms with E-state index in [0.717, 1.165) is 30.5 Å². The lowest BCUT2D eigenvalue weighted by molar-refractivity contribution is -0.138. The second-order valence-electron chi connectivity index (χ2n) is 6.54. The molecular weight excluding hydrogens is 302 g/mol. The van der Waals surface area contributed by atoms with Gasteiger partial charge in [0.15, 0.2) is 0 Å². The second-order valence-corrected chi connectivity index (χ2v) is 6.54. The predicted molar refractivity (Wildman–Crippen MR) is 92.2 cm³/mol. The van der Waals surface area contributed by atoms with Gasteiger partial charge >= 0.3 is 0 Å². The number of likely N-dealkylation sites (tertiary alicyclic amines) is 1. The molecule has 1 aliphatic rings. The fourth-order valence-corrected chi connectivity index (χ4v) is 3.27. The van der Waals surface area contributed by atoms with Crippen molar-refractivity contribution < 1.29 is 9.53 Å². The maximum atomic E-state index is 12.8. The van der Waals surface area contributed by atoms with E-state index in [-0.39, 0.29) is 17.9 Å². The monoisotopic (exact) mass is 327 g/mol. The highest BCUT2D eigenvalue weighted by atomic mass is 16.5. The van der Waals surface area contributed by atoms with Gasteiger partial charge in [-0.2, -0.15) is 5.10 Å². The van der Waals surface area contributed by atoms with Gasteiger partial charge in [-0.25, -0.2) is 0 Å². The van der Waals surface area contributed by atoms with Crippen molar-refractivity contribution in [2.24, 2.45) is 13.0 Å². The van der Waals surface area contributed by atoms with Crippen LogP contribution in [0.2, 0.25) is 0 Å². The zero-order valence-corrected chi connectivity index (χ0v) is 14.4. The van der Waals surface area contributed by atoms with Gasteiger partial charge in [-0.1, -0.05) is 37.3 Å². The molecule has 0 bridgehead atoms. The molecule has 1 amide bonds. The number of hydrogen-bond acceptors (Lipinski definition) is 3. The number of nitrogens with zero attached hydrogens (tertiary/aromatic N) is 3. The molecule has 5 heteroatoms. The van der Waals surface area contributed by atoms with E-state index in [1.807, 2.05) is 61.6 Å². The number of amides is 1. The highest BCUT2D eigenvalue weighted by molar-refractivity contribution is 5.79. The molecule has 0 aliphatic carbocycles. The Morgan fingerprint density at radius 1 is 1.38 bits per heavy atom. The van der Waals surface area contributed by atoms with Crippen molar-refractivity contribution in [3.63, 3.8) is 0 Å². The molecule has 1 fully saturated rings. The van der Waals surface area contributed by atoms with Gasteiger partial charge in [-0.15, -0.1) is 0 Å². The van der Waals surface area contributed by atoms with Crippen molar-refractivity contribution in [2.75, 3.05) is 13.2 Å². The third-order valence-corrected chi connectivity index (χ3v) is 4.55. The number of carbonyl (C=O) groups excluding carboxylic acids is 1. The highest BCUT2D eigenvalue weighted by Crippen LogP contribution is 2.32. The van der Waals surface area contributed by atoms with E-state index in [2.05, 4.69) is 5.10 Å². The van der Waals surface area contributed by atoms with Crippen LogP contribution >= 0.6 is 0 Å². The van der Waals surface area contributed by atoms with Crippen LogP contribution in [0.3, 0.4) is 0 Å². The van der Waals surface area contributed by atoms with Crippen molar-refractivity contribution in [1.29, 1.82) is 0 Å². The van der Waals surface area contributed by atoms with Crippen molar-refractivity contribution in [1.82, 2.24) is 14.7 Å². The summed E-state index contributed by atoms with van der Waals surface area (Å²) >= 11 is 0. The first-order valence-electron chi connectivity index (χ1n) is 8.56. The zero-order valence-electron chi connectivity index (χ0n) is 14.4. The first kappa shape index (κ1) is 16.7. The van der Waals surface area contributed by atoms with Gasteiger partial charge in [0.1, 0.15) is 0 Å². The molecule has 0 spiro atoms. The largest absolute Gasteiger partial charge is 0.376 e. The second kappa shape index (κ2) is 7.62. The Balaban J connectivity index is 1.54. The number of aryl methyl sites for hydroxylation is 1. The van der Waals surface area contributed by atoms with Crippen LogP contribution in [-0.4, -0.2) is 33.7 Å². The quantitative estimate of drug-likeness (QED) is 0.819. The van der Waals surface area contributed by atoms with Gasteiger partial charge in [0.05, 0.1) is 31.4 Å². The smallest absolute Gasteiger partial charge is 0.228 e. The highest BCUT2D eigenvalue weighted by Gasteiger charge is 2.33. The van der Waals surface area contributed by atoms with Crippen LogP contribution < -0.4 is 0 Å².